The Kier molecular flexibility index (Phi) is 3.64. The lowest BCUT2D eigenvalue weighted by Gasteiger charge is -2.21. The molecule has 5 heteroatoms. The summed E-state index contributed by atoms with van der Waals surface area (Å²) in [7, 11) is 2.11. The number of hydrogen-bond donors (Lipinski definition) is 1. The Labute approximate surface area is 113 Å². The zero-order chi connectivity index (χ0) is 13.1. The number of rotatable bonds is 5. The highest BCUT2D eigenvalue weighted by Gasteiger charge is 2.12. The van der Waals surface area contributed by atoms with Gasteiger partial charge in [-0.3, -0.25) is 0 Å². The third kappa shape index (κ3) is 2.71. The fourth-order valence-electron chi connectivity index (χ4n) is 2.81. The van der Waals surface area contributed by atoms with Gasteiger partial charge in [0.15, 0.2) is 0 Å². The maximum atomic E-state index is 4.41. The first-order valence-corrected chi connectivity index (χ1v) is 7.06. The molecule has 1 fully saturated rings. The van der Waals surface area contributed by atoms with Crippen molar-refractivity contribution in [3.63, 3.8) is 0 Å². The van der Waals surface area contributed by atoms with Crippen LogP contribution in [0.4, 0.5) is 5.82 Å². The van der Waals surface area contributed by atoms with Crippen LogP contribution in [0, 0.1) is 0 Å². The number of aromatic nitrogens is 3. The molecule has 1 N–H and O–H groups in total. The van der Waals surface area contributed by atoms with E-state index in [4.69, 9.17) is 0 Å². The minimum absolute atomic E-state index is 0.913. The van der Waals surface area contributed by atoms with Crippen molar-refractivity contribution in [3.05, 3.63) is 18.6 Å². The van der Waals surface area contributed by atoms with Crippen LogP contribution < -0.4 is 4.90 Å². The van der Waals surface area contributed by atoms with Gasteiger partial charge in [0.1, 0.15) is 17.8 Å². The molecule has 3 rings (SSSR count). The number of nitrogens with one attached hydrogen (secondary N) is 1. The Morgan fingerprint density at radius 3 is 3.00 bits per heavy atom. The first kappa shape index (κ1) is 12.4. The fraction of sp³-hybridized carbons (Fsp3) is 0.571. The summed E-state index contributed by atoms with van der Waals surface area (Å²) >= 11 is 0. The van der Waals surface area contributed by atoms with E-state index in [1.807, 2.05) is 12.3 Å². The van der Waals surface area contributed by atoms with E-state index in [0.717, 1.165) is 23.4 Å². The highest BCUT2D eigenvalue weighted by Crippen LogP contribution is 2.20. The summed E-state index contributed by atoms with van der Waals surface area (Å²) < 4.78 is 0. The summed E-state index contributed by atoms with van der Waals surface area (Å²) in [5.41, 5.74) is 0.913. The minimum Gasteiger partial charge on any atom is -0.359 e. The van der Waals surface area contributed by atoms with Crippen LogP contribution in [0.25, 0.3) is 11.0 Å². The molecule has 5 nitrogen and oxygen atoms in total. The van der Waals surface area contributed by atoms with Crippen LogP contribution in [0.5, 0.6) is 0 Å². The van der Waals surface area contributed by atoms with Crippen LogP contribution in [-0.2, 0) is 0 Å². The lowest BCUT2D eigenvalue weighted by Crippen LogP contribution is -2.26. The average Bonchev–Trinajstić information content (AvgIpc) is 3.08. The van der Waals surface area contributed by atoms with Gasteiger partial charge in [-0.15, -0.1) is 0 Å². The molecule has 0 unspecified atom stereocenters. The smallest absolute Gasteiger partial charge is 0.142 e. The van der Waals surface area contributed by atoms with Crippen molar-refractivity contribution >= 4 is 16.9 Å². The maximum Gasteiger partial charge on any atom is 0.142 e. The number of nitrogens with zero attached hydrogens (tertiary/aromatic N) is 4. The van der Waals surface area contributed by atoms with Crippen molar-refractivity contribution < 1.29 is 0 Å². The molecule has 2 aromatic rings. The molecule has 19 heavy (non-hydrogen) atoms. The lowest BCUT2D eigenvalue weighted by molar-refractivity contribution is 0.335. The van der Waals surface area contributed by atoms with Crippen molar-refractivity contribution in [2.24, 2.45) is 0 Å². The molecule has 1 aliphatic rings. The van der Waals surface area contributed by atoms with Gasteiger partial charge in [0.05, 0.1) is 5.39 Å². The molecule has 3 heterocycles. The third-order valence-electron chi connectivity index (χ3n) is 3.86. The summed E-state index contributed by atoms with van der Waals surface area (Å²) in [6.07, 6.45) is 7.47. The standard InChI is InChI=1S/C14H21N5/c1-18(7-4-10-19-8-2-3-9-19)14-12-5-6-15-13(12)16-11-17-14/h5-6,11H,2-4,7-10H2,1H3,(H,15,16,17). The summed E-state index contributed by atoms with van der Waals surface area (Å²) in [5.74, 6) is 1.02. The summed E-state index contributed by atoms with van der Waals surface area (Å²) in [5, 5.41) is 1.10. The van der Waals surface area contributed by atoms with Crippen LogP contribution >= 0.6 is 0 Å². The van der Waals surface area contributed by atoms with Crippen molar-refractivity contribution in [3.8, 4) is 0 Å². The second-order valence-corrected chi connectivity index (χ2v) is 5.26. The highest BCUT2D eigenvalue weighted by atomic mass is 15.2. The van der Waals surface area contributed by atoms with Gasteiger partial charge in [-0.05, 0) is 45.0 Å². The van der Waals surface area contributed by atoms with E-state index in [2.05, 4.69) is 31.8 Å². The predicted octanol–water partition coefficient (Wildman–Crippen LogP) is 1.88. The Balaban J connectivity index is 1.60. The van der Waals surface area contributed by atoms with Gasteiger partial charge in [-0.2, -0.15) is 0 Å². The number of H-pyrrole nitrogens is 1. The second kappa shape index (κ2) is 5.57. The number of aromatic amines is 1. The Morgan fingerprint density at radius 1 is 1.32 bits per heavy atom. The Morgan fingerprint density at radius 2 is 2.16 bits per heavy atom. The topological polar surface area (TPSA) is 48.1 Å². The maximum absolute atomic E-state index is 4.41. The fourth-order valence-corrected chi connectivity index (χ4v) is 2.81. The van der Waals surface area contributed by atoms with Gasteiger partial charge in [0.25, 0.3) is 0 Å². The summed E-state index contributed by atoms with van der Waals surface area (Å²) in [6.45, 7) is 4.79. The monoisotopic (exact) mass is 259 g/mol. The van der Waals surface area contributed by atoms with E-state index >= 15 is 0 Å². The predicted molar refractivity (Wildman–Crippen MR) is 77.4 cm³/mol. The van der Waals surface area contributed by atoms with Crippen LogP contribution in [0.3, 0.4) is 0 Å². The normalized spacial score (nSPS) is 16.3. The molecule has 102 valence electrons. The van der Waals surface area contributed by atoms with Crippen molar-refractivity contribution in [1.29, 1.82) is 0 Å². The van der Waals surface area contributed by atoms with E-state index in [-0.39, 0.29) is 0 Å². The average molecular weight is 259 g/mol. The largest absolute Gasteiger partial charge is 0.359 e. The van der Waals surface area contributed by atoms with Gasteiger partial charge >= 0.3 is 0 Å². The molecule has 0 aromatic carbocycles. The van der Waals surface area contributed by atoms with Crippen molar-refractivity contribution in [1.82, 2.24) is 19.9 Å². The molecular weight excluding hydrogens is 238 g/mol. The number of fused-ring (bicyclic) bond motifs is 1. The molecule has 0 radical (unpaired) electrons. The van der Waals surface area contributed by atoms with Crippen molar-refractivity contribution in [2.45, 2.75) is 19.3 Å². The third-order valence-corrected chi connectivity index (χ3v) is 3.86. The van der Waals surface area contributed by atoms with Gasteiger partial charge in [0.2, 0.25) is 0 Å². The van der Waals surface area contributed by atoms with E-state index < -0.39 is 0 Å². The zero-order valence-electron chi connectivity index (χ0n) is 11.5. The van der Waals surface area contributed by atoms with Crippen LogP contribution in [0.2, 0.25) is 0 Å². The van der Waals surface area contributed by atoms with Crippen LogP contribution in [0.1, 0.15) is 19.3 Å². The van der Waals surface area contributed by atoms with Gasteiger partial charge in [-0.25, -0.2) is 9.97 Å². The molecule has 0 spiro atoms. The van der Waals surface area contributed by atoms with E-state index in [1.54, 1.807) is 6.33 Å². The summed E-state index contributed by atoms with van der Waals surface area (Å²) in [6, 6.07) is 2.04. The Bertz CT molecular complexity index is 529. The van der Waals surface area contributed by atoms with Gasteiger partial charge < -0.3 is 14.8 Å². The molecule has 1 aliphatic heterocycles. The first-order chi connectivity index (χ1) is 9.34. The van der Waals surface area contributed by atoms with Crippen LogP contribution in [0.15, 0.2) is 18.6 Å². The number of hydrogen-bond acceptors (Lipinski definition) is 4. The molecule has 0 amide bonds. The first-order valence-electron chi connectivity index (χ1n) is 7.06. The quantitative estimate of drug-likeness (QED) is 0.890. The lowest BCUT2D eigenvalue weighted by atomic mass is 10.3. The van der Waals surface area contributed by atoms with Crippen LogP contribution in [-0.4, -0.2) is 53.1 Å². The van der Waals surface area contributed by atoms with E-state index in [1.165, 1.54) is 38.9 Å². The molecule has 0 aliphatic carbocycles. The van der Waals surface area contributed by atoms with Gasteiger partial charge in [0, 0.05) is 19.8 Å². The summed E-state index contributed by atoms with van der Waals surface area (Å²) in [4.78, 5) is 16.6. The molecule has 0 bridgehead atoms. The molecule has 0 saturated carbocycles. The zero-order valence-corrected chi connectivity index (χ0v) is 11.5. The number of likely N-dealkylation sites (tertiary alicyclic amines) is 1. The molecular formula is C14H21N5. The Hall–Kier alpha value is -1.62. The second-order valence-electron chi connectivity index (χ2n) is 5.26. The van der Waals surface area contributed by atoms with E-state index in [0.29, 0.717) is 0 Å². The molecule has 0 atom stereocenters. The number of anilines is 1. The molecule has 2 aromatic heterocycles. The SMILES string of the molecule is CN(CCCN1CCCC1)c1ncnc2[nH]ccc12. The van der Waals surface area contributed by atoms with Gasteiger partial charge in [-0.1, -0.05) is 0 Å². The minimum atomic E-state index is 0.913. The highest BCUT2D eigenvalue weighted by molar-refractivity contribution is 5.87. The molecule has 1 saturated heterocycles. The van der Waals surface area contributed by atoms with E-state index in [9.17, 15) is 0 Å². The van der Waals surface area contributed by atoms with Crippen molar-refractivity contribution in [2.75, 3.05) is 38.1 Å².